The summed E-state index contributed by atoms with van der Waals surface area (Å²) in [5.41, 5.74) is 7.35. The summed E-state index contributed by atoms with van der Waals surface area (Å²) in [6.45, 7) is 2.53. The molecule has 0 saturated carbocycles. The molecule has 4 nitrogen and oxygen atoms in total. The molecule has 0 radical (unpaired) electrons. The van der Waals surface area contributed by atoms with Crippen LogP contribution in [0.15, 0.2) is 24.3 Å². The van der Waals surface area contributed by atoms with Crippen molar-refractivity contribution in [2.24, 2.45) is 0 Å². The Morgan fingerprint density at radius 2 is 2.28 bits per heavy atom. The maximum Gasteiger partial charge on any atom is 0.0936 e. The van der Waals surface area contributed by atoms with Crippen LogP contribution in [-0.4, -0.2) is 42.9 Å². The smallest absolute Gasteiger partial charge is 0.0936 e. The van der Waals surface area contributed by atoms with E-state index in [1.165, 1.54) is 0 Å². The average Bonchev–Trinajstić information content (AvgIpc) is 2.39. The Morgan fingerprint density at radius 1 is 1.50 bits per heavy atom. The number of para-hydroxylation sites is 1. The number of nitrogens with zero attached hydrogens (tertiary/aromatic N) is 1. The largest absolute Gasteiger partial charge is 0.398 e. The Balaban J connectivity index is 1.95. The highest BCUT2D eigenvalue weighted by atomic mass is 16.5. The number of hydrogen-bond acceptors (Lipinski definition) is 4. The number of aliphatic hydroxyl groups excluding tert-OH is 1. The normalized spacial score (nSPS) is 22.9. The number of piperidine rings is 1. The molecule has 1 heterocycles. The van der Waals surface area contributed by atoms with E-state index in [9.17, 15) is 5.11 Å². The van der Waals surface area contributed by atoms with Crippen molar-refractivity contribution in [2.75, 3.05) is 32.5 Å². The topological polar surface area (TPSA) is 58.7 Å². The molecule has 2 rings (SSSR count). The van der Waals surface area contributed by atoms with E-state index >= 15 is 0 Å². The number of methoxy groups -OCH3 is 1. The quantitative estimate of drug-likeness (QED) is 0.793. The van der Waals surface area contributed by atoms with Crippen molar-refractivity contribution in [3.63, 3.8) is 0 Å². The number of nitrogens with two attached hydrogens (primary N) is 1. The van der Waals surface area contributed by atoms with Crippen LogP contribution in [-0.2, 0) is 4.74 Å². The number of anilines is 1. The first-order chi connectivity index (χ1) is 8.70. The number of likely N-dealkylation sites (tertiary alicyclic amines) is 1. The van der Waals surface area contributed by atoms with Crippen molar-refractivity contribution in [3.8, 4) is 0 Å². The summed E-state index contributed by atoms with van der Waals surface area (Å²) in [4.78, 5) is 2.24. The predicted octanol–water partition coefficient (Wildman–Crippen LogP) is 1.41. The SMILES string of the molecule is COC1CCCN(CC(O)c2ccccc2N)C1. The lowest BCUT2D eigenvalue weighted by molar-refractivity contribution is 0.0129. The van der Waals surface area contributed by atoms with Gasteiger partial charge in [0.2, 0.25) is 0 Å². The van der Waals surface area contributed by atoms with Crippen LogP contribution in [0.4, 0.5) is 5.69 Å². The van der Waals surface area contributed by atoms with Gasteiger partial charge in [0, 0.05) is 31.5 Å². The minimum Gasteiger partial charge on any atom is -0.398 e. The van der Waals surface area contributed by atoms with Crippen LogP contribution in [0.5, 0.6) is 0 Å². The molecular weight excluding hydrogens is 228 g/mol. The van der Waals surface area contributed by atoms with Gasteiger partial charge in [-0.2, -0.15) is 0 Å². The first-order valence-corrected chi connectivity index (χ1v) is 6.48. The second-order valence-corrected chi connectivity index (χ2v) is 4.90. The number of ether oxygens (including phenoxy) is 1. The number of hydrogen-bond donors (Lipinski definition) is 2. The van der Waals surface area contributed by atoms with Gasteiger partial charge in [-0.15, -0.1) is 0 Å². The number of rotatable bonds is 4. The van der Waals surface area contributed by atoms with Gasteiger partial charge in [-0.3, -0.25) is 4.90 Å². The highest BCUT2D eigenvalue weighted by molar-refractivity contribution is 5.47. The summed E-state index contributed by atoms with van der Waals surface area (Å²) in [7, 11) is 1.75. The van der Waals surface area contributed by atoms with Crippen LogP contribution in [0.1, 0.15) is 24.5 Å². The lowest BCUT2D eigenvalue weighted by Gasteiger charge is -2.33. The van der Waals surface area contributed by atoms with E-state index in [4.69, 9.17) is 10.5 Å². The van der Waals surface area contributed by atoms with Crippen LogP contribution >= 0.6 is 0 Å². The first-order valence-electron chi connectivity index (χ1n) is 6.48. The molecule has 1 aromatic carbocycles. The Kier molecular flexibility index (Phi) is 4.58. The predicted molar refractivity (Wildman–Crippen MR) is 72.3 cm³/mol. The molecular formula is C14H22N2O2. The number of β-amino-alcohol motifs (C(OH)–C–C–N with tert-alkyl or cyclic N) is 1. The molecule has 2 unspecified atom stereocenters. The summed E-state index contributed by atoms with van der Waals surface area (Å²) in [6, 6.07) is 7.50. The minimum atomic E-state index is -0.526. The lowest BCUT2D eigenvalue weighted by atomic mass is 10.0. The Morgan fingerprint density at radius 3 is 3.00 bits per heavy atom. The highest BCUT2D eigenvalue weighted by Gasteiger charge is 2.22. The summed E-state index contributed by atoms with van der Waals surface area (Å²) in [5, 5.41) is 10.3. The molecule has 1 aliphatic rings. The van der Waals surface area contributed by atoms with Gasteiger partial charge < -0.3 is 15.6 Å². The van der Waals surface area contributed by atoms with Crippen LogP contribution in [0.2, 0.25) is 0 Å². The Bertz CT molecular complexity index is 384. The molecule has 4 heteroatoms. The van der Waals surface area contributed by atoms with Gasteiger partial charge in [0.1, 0.15) is 0 Å². The van der Waals surface area contributed by atoms with Crippen LogP contribution in [0.25, 0.3) is 0 Å². The molecule has 3 N–H and O–H groups in total. The molecule has 0 spiro atoms. The van der Waals surface area contributed by atoms with Crippen molar-refractivity contribution in [2.45, 2.75) is 25.0 Å². The van der Waals surface area contributed by atoms with Crippen LogP contribution < -0.4 is 5.73 Å². The maximum absolute atomic E-state index is 10.3. The molecule has 1 aromatic rings. The zero-order chi connectivity index (χ0) is 13.0. The zero-order valence-electron chi connectivity index (χ0n) is 10.9. The van der Waals surface area contributed by atoms with Crippen molar-refractivity contribution in [1.29, 1.82) is 0 Å². The van der Waals surface area contributed by atoms with Crippen molar-refractivity contribution < 1.29 is 9.84 Å². The highest BCUT2D eigenvalue weighted by Crippen LogP contribution is 2.22. The molecule has 2 atom stereocenters. The number of aliphatic hydroxyl groups is 1. The van der Waals surface area contributed by atoms with Crippen molar-refractivity contribution >= 4 is 5.69 Å². The summed E-state index contributed by atoms with van der Waals surface area (Å²) in [5.74, 6) is 0. The fourth-order valence-electron chi connectivity index (χ4n) is 2.53. The minimum absolute atomic E-state index is 0.291. The van der Waals surface area contributed by atoms with E-state index in [0.29, 0.717) is 18.3 Å². The summed E-state index contributed by atoms with van der Waals surface area (Å²) in [6.07, 6.45) is 1.99. The monoisotopic (exact) mass is 250 g/mol. The van der Waals surface area contributed by atoms with Crippen LogP contribution in [0.3, 0.4) is 0 Å². The molecule has 0 bridgehead atoms. The fraction of sp³-hybridized carbons (Fsp3) is 0.571. The molecule has 18 heavy (non-hydrogen) atoms. The van der Waals surface area contributed by atoms with E-state index in [1.807, 2.05) is 24.3 Å². The van der Waals surface area contributed by atoms with Gasteiger partial charge >= 0.3 is 0 Å². The zero-order valence-corrected chi connectivity index (χ0v) is 10.9. The molecule has 1 saturated heterocycles. The van der Waals surface area contributed by atoms with E-state index in [1.54, 1.807) is 7.11 Å². The molecule has 100 valence electrons. The molecule has 1 aliphatic heterocycles. The van der Waals surface area contributed by atoms with E-state index in [0.717, 1.165) is 31.5 Å². The van der Waals surface area contributed by atoms with Gasteiger partial charge in [-0.1, -0.05) is 18.2 Å². The number of nitrogen functional groups attached to an aromatic ring is 1. The van der Waals surface area contributed by atoms with Gasteiger partial charge in [-0.05, 0) is 25.5 Å². The van der Waals surface area contributed by atoms with E-state index < -0.39 is 6.10 Å². The summed E-state index contributed by atoms with van der Waals surface area (Å²) >= 11 is 0. The Hall–Kier alpha value is -1.10. The fourth-order valence-corrected chi connectivity index (χ4v) is 2.53. The third-order valence-corrected chi connectivity index (χ3v) is 3.58. The molecule has 0 aliphatic carbocycles. The van der Waals surface area contributed by atoms with Gasteiger partial charge in [-0.25, -0.2) is 0 Å². The van der Waals surface area contributed by atoms with Crippen molar-refractivity contribution in [1.82, 2.24) is 4.90 Å². The van der Waals surface area contributed by atoms with Gasteiger partial charge in [0.05, 0.1) is 12.2 Å². The third kappa shape index (κ3) is 3.22. The second kappa shape index (κ2) is 6.18. The molecule has 0 aromatic heterocycles. The third-order valence-electron chi connectivity index (χ3n) is 3.58. The standard InChI is InChI=1S/C14H22N2O2/c1-18-11-5-4-8-16(9-11)10-14(17)12-6-2-3-7-13(12)15/h2-3,6-7,11,14,17H,4-5,8-10,15H2,1H3. The van der Waals surface area contributed by atoms with E-state index in [-0.39, 0.29) is 0 Å². The first kappa shape index (κ1) is 13.3. The van der Waals surface area contributed by atoms with E-state index in [2.05, 4.69) is 4.90 Å². The summed E-state index contributed by atoms with van der Waals surface area (Å²) < 4.78 is 5.38. The van der Waals surface area contributed by atoms with Crippen LogP contribution in [0, 0.1) is 0 Å². The lowest BCUT2D eigenvalue weighted by Crippen LogP contribution is -2.41. The van der Waals surface area contributed by atoms with Gasteiger partial charge in [0.15, 0.2) is 0 Å². The average molecular weight is 250 g/mol. The molecule has 0 amide bonds. The molecule has 1 fully saturated rings. The van der Waals surface area contributed by atoms with Crippen molar-refractivity contribution in [3.05, 3.63) is 29.8 Å². The Labute approximate surface area is 108 Å². The van der Waals surface area contributed by atoms with Gasteiger partial charge in [0.25, 0.3) is 0 Å². The number of benzene rings is 1. The second-order valence-electron chi connectivity index (χ2n) is 4.90. The maximum atomic E-state index is 10.3.